The summed E-state index contributed by atoms with van der Waals surface area (Å²) < 4.78 is 2.24. The third kappa shape index (κ3) is 6.54. The molecule has 0 aromatic carbocycles. The molecule has 7 heavy (non-hydrogen) atoms. The van der Waals surface area contributed by atoms with Gasteiger partial charge in [0, 0.05) is 0 Å². The van der Waals surface area contributed by atoms with Crippen LogP contribution in [0.2, 0.25) is 0 Å². The van der Waals surface area contributed by atoms with Crippen LogP contribution in [-0.2, 0) is 0 Å². The molecule has 0 aliphatic rings. The van der Waals surface area contributed by atoms with E-state index in [1.54, 1.807) is 0 Å². The molecule has 0 saturated carbocycles. The molecule has 0 aromatic heterocycles. The first-order chi connectivity index (χ1) is 3.41. The van der Waals surface area contributed by atoms with Crippen molar-refractivity contribution in [3.05, 3.63) is 10.2 Å². The third-order valence-electron chi connectivity index (χ3n) is 0.860. The second-order valence-corrected chi connectivity index (χ2v) is 2.67. The quantitative estimate of drug-likeness (QED) is 0.482. The first-order valence-electron chi connectivity index (χ1n) is 2.78. The van der Waals surface area contributed by atoms with Crippen LogP contribution in [-0.4, -0.2) is 22.5 Å². The van der Waals surface area contributed by atoms with E-state index in [9.17, 15) is 0 Å². The van der Waals surface area contributed by atoms with E-state index in [0.717, 1.165) is 0 Å². The van der Waals surface area contributed by atoms with E-state index >= 15 is 0 Å². The van der Waals surface area contributed by atoms with Gasteiger partial charge in [-0.05, 0) is 0 Å². The molecule has 0 N–H and O–H groups in total. The van der Waals surface area contributed by atoms with Gasteiger partial charge in [0.25, 0.3) is 0 Å². The van der Waals surface area contributed by atoms with E-state index in [2.05, 4.69) is 17.1 Å². The second kappa shape index (κ2) is 6.54. The van der Waals surface area contributed by atoms with Gasteiger partial charge >= 0.3 is 58.9 Å². The zero-order valence-corrected chi connectivity index (χ0v) is 8.15. The molecule has 0 unspecified atom stereocenters. The van der Waals surface area contributed by atoms with Gasteiger partial charge in [-0.2, -0.15) is 0 Å². The molecule has 0 aliphatic carbocycles. The number of hydrogen-bond acceptors (Lipinski definition) is 0. The summed E-state index contributed by atoms with van der Waals surface area (Å²) >= 11 is 1.28. The summed E-state index contributed by atoms with van der Waals surface area (Å²) in [5.41, 5.74) is 0. The summed E-state index contributed by atoms with van der Waals surface area (Å²) in [7, 11) is 0. The average Bonchev–Trinajstić information content (AvgIpc) is 1.69. The van der Waals surface area contributed by atoms with E-state index in [1.165, 1.54) is 41.8 Å². The Morgan fingerprint density at radius 3 is 2.71 bits per heavy atom. The first-order valence-corrected chi connectivity index (χ1v) is 4.68. The van der Waals surface area contributed by atoms with Gasteiger partial charge in [-0.3, -0.25) is 0 Å². The van der Waals surface area contributed by atoms with E-state index in [0.29, 0.717) is 0 Å². The van der Waals surface area contributed by atoms with Crippen molar-refractivity contribution in [1.82, 2.24) is 0 Å². The Kier molecular flexibility index (Phi) is 7.04. The maximum absolute atomic E-state index is 2.27. The topological polar surface area (TPSA) is 0 Å². The van der Waals surface area contributed by atoms with Crippen molar-refractivity contribution in [1.29, 1.82) is 0 Å². The number of unbranched alkanes of at least 4 members (excludes halogenated alkanes) is 2. The number of allylic oxidation sites excluding steroid dienone is 1. The predicted octanol–water partition coefficient (Wildman–Crippen LogP) is 1.59. The molecular formula is C6H12Sn. The predicted molar refractivity (Wildman–Crippen MR) is 35.8 cm³/mol. The summed E-state index contributed by atoms with van der Waals surface area (Å²) in [5, 5.41) is 0. The van der Waals surface area contributed by atoms with Crippen LogP contribution in [0.5, 0.6) is 0 Å². The van der Waals surface area contributed by atoms with Crippen LogP contribution in [0.15, 0.2) is 10.2 Å². The Morgan fingerprint density at radius 2 is 2.29 bits per heavy atom. The molecule has 0 amide bonds. The molecule has 0 heterocycles. The van der Waals surface area contributed by atoms with Crippen molar-refractivity contribution < 1.29 is 0 Å². The molecule has 0 atom stereocenters. The molecule has 40 valence electrons. The Hall–Kier alpha value is 0.539. The SMILES string of the molecule is CCCC/C=[CH]/[SnH]. The maximum atomic E-state index is 2.27. The van der Waals surface area contributed by atoms with Crippen LogP contribution in [0.3, 0.4) is 0 Å². The van der Waals surface area contributed by atoms with Crippen molar-refractivity contribution in [3.8, 4) is 0 Å². The molecule has 0 aliphatic heterocycles. The molecule has 0 nitrogen and oxygen atoms in total. The molecule has 0 fully saturated rings. The van der Waals surface area contributed by atoms with E-state index in [4.69, 9.17) is 0 Å². The Balaban J connectivity index is 2.69. The first kappa shape index (κ1) is 7.54. The summed E-state index contributed by atoms with van der Waals surface area (Å²) in [5.74, 6) is 0. The van der Waals surface area contributed by atoms with Crippen LogP contribution in [0.1, 0.15) is 26.2 Å². The van der Waals surface area contributed by atoms with Crippen LogP contribution < -0.4 is 0 Å². The molecular weight excluding hydrogens is 191 g/mol. The fourth-order valence-corrected chi connectivity index (χ4v) is 0.967. The molecule has 0 rings (SSSR count). The van der Waals surface area contributed by atoms with Crippen molar-refractivity contribution in [3.63, 3.8) is 0 Å². The van der Waals surface area contributed by atoms with Gasteiger partial charge in [0.15, 0.2) is 0 Å². The van der Waals surface area contributed by atoms with Gasteiger partial charge in [-0.1, -0.05) is 0 Å². The Labute approximate surface area is 59.1 Å². The van der Waals surface area contributed by atoms with Gasteiger partial charge in [0.2, 0.25) is 0 Å². The summed E-state index contributed by atoms with van der Waals surface area (Å²) in [6, 6.07) is 0. The molecule has 0 saturated heterocycles. The minimum absolute atomic E-state index is 1.28. The van der Waals surface area contributed by atoms with Crippen LogP contribution in [0.25, 0.3) is 0 Å². The van der Waals surface area contributed by atoms with E-state index in [-0.39, 0.29) is 0 Å². The second-order valence-electron chi connectivity index (χ2n) is 1.57. The van der Waals surface area contributed by atoms with Crippen LogP contribution in [0.4, 0.5) is 0 Å². The Morgan fingerprint density at radius 1 is 1.57 bits per heavy atom. The fourth-order valence-electron chi connectivity index (χ4n) is 0.418. The fraction of sp³-hybridized carbons (Fsp3) is 0.667. The molecule has 1 heteroatoms. The number of hydrogen-bond donors (Lipinski definition) is 0. The van der Waals surface area contributed by atoms with Crippen molar-refractivity contribution >= 4 is 22.5 Å². The standard InChI is InChI=1S/C6H11.Sn.H/c1-3-5-6-4-2;;/h1,3H,4-6H2,2H3;;. The average molecular weight is 203 g/mol. The Bertz CT molecular complexity index is 48.1. The molecule has 0 bridgehead atoms. The van der Waals surface area contributed by atoms with Gasteiger partial charge in [0.05, 0.1) is 0 Å². The van der Waals surface area contributed by atoms with E-state index in [1.807, 2.05) is 0 Å². The van der Waals surface area contributed by atoms with Crippen molar-refractivity contribution in [2.45, 2.75) is 26.2 Å². The van der Waals surface area contributed by atoms with E-state index < -0.39 is 0 Å². The third-order valence-corrected chi connectivity index (χ3v) is 1.64. The van der Waals surface area contributed by atoms with Gasteiger partial charge in [0.1, 0.15) is 0 Å². The minimum atomic E-state index is 1.28. The number of rotatable bonds is 3. The zero-order valence-electron chi connectivity index (χ0n) is 4.85. The molecule has 2 radical (unpaired) electrons. The summed E-state index contributed by atoms with van der Waals surface area (Å²) in [4.78, 5) is 0. The van der Waals surface area contributed by atoms with Crippen molar-refractivity contribution in [2.24, 2.45) is 0 Å². The summed E-state index contributed by atoms with van der Waals surface area (Å²) in [6.07, 6.45) is 6.24. The van der Waals surface area contributed by atoms with Gasteiger partial charge < -0.3 is 0 Å². The van der Waals surface area contributed by atoms with Crippen LogP contribution in [0, 0.1) is 0 Å². The van der Waals surface area contributed by atoms with Gasteiger partial charge in [-0.15, -0.1) is 0 Å². The normalized spacial score (nSPS) is 10.6. The van der Waals surface area contributed by atoms with Gasteiger partial charge in [-0.25, -0.2) is 0 Å². The molecule has 0 aromatic rings. The molecule has 0 spiro atoms. The summed E-state index contributed by atoms with van der Waals surface area (Å²) in [6.45, 7) is 2.22. The monoisotopic (exact) mass is 204 g/mol. The van der Waals surface area contributed by atoms with Crippen LogP contribution >= 0.6 is 0 Å². The zero-order chi connectivity index (χ0) is 5.54. The van der Waals surface area contributed by atoms with Crippen molar-refractivity contribution in [2.75, 3.05) is 0 Å².